The number of fused-ring (bicyclic) bond motifs is 1. The van der Waals surface area contributed by atoms with Crippen LogP contribution in [-0.4, -0.2) is 54.7 Å². The molecule has 5 nitrogen and oxygen atoms in total. The zero-order valence-electron chi connectivity index (χ0n) is 14.9. The largest absolute Gasteiger partial charge is 0.372 e. The molecule has 1 amide bonds. The maximum absolute atomic E-state index is 12.7. The molecule has 136 valence electrons. The van der Waals surface area contributed by atoms with Gasteiger partial charge in [0.05, 0.1) is 18.5 Å². The van der Waals surface area contributed by atoms with Crippen molar-refractivity contribution < 1.29 is 4.79 Å². The Morgan fingerprint density at radius 3 is 2.92 bits per heavy atom. The van der Waals surface area contributed by atoms with Crippen LogP contribution in [0.3, 0.4) is 0 Å². The summed E-state index contributed by atoms with van der Waals surface area (Å²) in [6.45, 7) is 3.33. The summed E-state index contributed by atoms with van der Waals surface area (Å²) < 4.78 is 0. The Morgan fingerprint density at radius 1 is 1.27 bits per heavy atom. The summed E-state index contributed by atoms with van der Waals surface area (Å²) in [6, 6.07) is 8.54. The summed E-state index contributed by atoms with van der Waals surface area (Å²) in [4.78, 5) is 19.0. The molecule has 0 spiro atoms. The molecule has 1 aromatic rings. The molecule has 0 saturated carbocycles. The highest BCUT2D eigenvalue weighted by atomic mass is 32.2. The van der Waals surface area contributed by atoms with Crippen LogP contribution >= 0.6 is 11.8 Å². The van der Waals surface area contributed by atoms with Gasteiger partial charge in [-0.1, -0.05) is 12.2 Å². The lowest BCUT2D eigenvalue weighted by molar-refractivity contribution is -0.129. The van der Waals surface area contributed by atoms with Crippen LogP contribution in [0.5, 0.6) is 0 Å². The summed E-state index contributed by atoms with van der Waals surface area (Å²) in [5, 5.41) is 9.22. The molecule has 2 saturated heterocycles. The number of carbonyl (C=O) groups is 1. The van der Waals surface area contributed by atoms with Gasteiger partial charge in [-0.15, -0.1) is 11.8 Å². The van der Waals surface area contributed by atoms with Crippen LogP contribution in [0.1, 0.15) is 24.8 Å². The van der Waals surface area contributed by atoms with E-state index in [1.165, 1.54) is 30.5 Å². The predicted molar refractivity (Wildman–Crippen MR) is 107 cm³/mol. The number of amides is 1. The van der Waals surface area contributed by atoms with Crippen molar-refractivity contribution in [2.45, 2.75) is 25.3 Å². The maximum Gasteiger partial charge on any atom is 0.243 e. The minimum atomic E-state index is -0.284. The molecule has 26 heavy (non-hydrogen) atoms. The summed E-state index contributed by atoms with van der Waals surface area (Å²) >= 11 is 1.65. The van der Waals surface area contributed by atoms with Crippen molar-refractivity contribution in [3.8, 4) is 6.07 Å². The summed E-state index contributed by atoms with van der Waals surface area (Å²) in [6.07, 6.45) is 8.14. The lowest BCUT2D eigenvalue weighted by Gasteiger charge is -2.32. The normalized spacial score (nSPS) is 22.3. The van der Waals surface area contributed by atoms with Gasteiger partial charge in [0.25, 0.3) is 0 Å². The van der Waals surface area contributed by atoms with Crippen LogP contribution in [-0.2, 0) is 4.79 Å². The van der Waals surface area contributed by atoms with Gasteiger partial charge < -0.3 is 14.7 Å². The highest BCUT2D eigenvalue weighted by molar-refractivity contribution is 7.99. The number of hydrogen-bond donors (Lipinski definition) is 0. The molecule has 3 heterocycles. The second-order valence-corrected chi connectivity index (χ2v) is 8.08. The molecular weight excluding hydrogens is 344 g/mol. The fraction of sp³-hybridized carbons (Fsp3) is 0.500. The van der Waals surface area contributed by atoms with Gasteiger partial charge in [0.1, 0.15) is 6.04 Å². The van der Waals surface area contributed by atoms with Gasteiger partial charge in [0.2, 0.25) is 5.91 Å². The molecule has 0 bridgehead atoms. The van der Waals surface area contributed by atoms with Gasteiger partial charge in [0, 0.05) is 36.8 Å². The van der Waals surface area contributed by atoms with Gasteiger partial charge in [-0.2, -0.15) is 5.26 Å². The fourth-order valence-electron chi connectivity index (χ4n) is 3.92. The van der Waals surface area contributed by atoms with Gasteiger partial charge >= 0.3 is 0 Å². The molecule has 1 atom stereocenters. The third-order valence-electron chi connectivity index (χ3n) is 5.37. The van der Waals surface area contributed by atoms with Gasteiger partial charge in [-0.3, -0.25) is 4.79 Å². The third-order valence-corrected chi connectivity index (χ3v) is 6.39. The third kappa shape index (κ3) is 3.41. The van der Waals surface area contributed by atoms with Crippen molar-refractivity contribution in [3.63, 3.8) is 0 Å². The summed E-state index contributed by atoms with van der Waals surface area (Å²) in [7, 11) is 0. The quantitative estimate of drug-likeness (QED) is 0.821. The Hall–Kier alpha value is -2.13. The standard InChI is InChI=1S/C20H24N4OS/c21-12-18-14-26-15-24(18)20(25)13-23-10-4-5-16-11-17(6-7-19(16)23)22-8-2-1-3-9-22/h4-7,11,18H,1-3,8-10,13-15H2/t18-/m1/s1. The van der Waals surface area contributed by atoms with E-state index >= 15 is 0 Å². The first kappa shape index (κ1) is 17.3. The molecule has 1 aromatic carbocycles. The van der Waals surface area contributed by atoms with Gasteiger partial charge in [-0.05, 0) is 43.0 Å². The van der Waals surface area contributed by atoms with Crippen LogP contribution in [0.15, 0.2) is 24.3 Å². The van der Waals surface area contributed by atoms with Crippen LogP contribution < -0.4 is 9.80 Å². The first-order valence-electron chi connectivity index (χ1n) is 9.33. The van der Waals surface area contributed by atoms with E-state index in [0.29, 0.717) is 12.4 Å². The van der Waals surface area contributed by atoms with Gasteiger partial charge in [0.15, 0.2) is 0 Å². The van der Waals surface area contributed by atoms with Crippen molar-refractivity contribution in [2.75, 3.05) is 47.6 Å². The monoisotopic (exact) mass is 368 g/mol. The number of anilines is 2. The van der Waals surface area contributed by atoms with E-state index in [4.69, 9.17) is 0 Å². The molecule has 4 rings (SSSR count). The molecule has 0 radical (unpaired) electrons. The number of nitrogens with zero attached hydrogens (tertiary/aromatic N) is 4. The van der Waals surface area contributed by atoms with Crippen molar-refractivity contribution in [2.24, 2.45) is 0 Å². The number of nitriles is 1. The summed E-state index contributed by atoms with van der Waals surface area (Å²) in [5.74, 6) is 1.39. The molecule has 6 heteroatoms. The molecule has 0 aromatic heterocycles. The van der Waals surface area contributed by atoms with Crippen LogP contribution in [0, 0.1) is 11.3 Å². The van der Waals surface area contributed by atoms with Crippen molar-refractivity contribution in [3.05, 3.63) is 29.8 Å². The SMILES string of the molecule is N#C[C@@H]1CSCN1C(=O)CN1CC=Cc2cc(N3CCCCC3)ccc21. The molecular formula is C20H24N4OS. The first-order valence-corrected chi connectivity index (χ1v) is 10.5. The minimum Gasteiger partial charge on any atom is -0.372 e. The molecule has 2 fully saturated rings. The lowest BCUT2D eigenvalue weighted by atomic mass is 10.0. The topological polar surface area (TPSA) is 50.6 Å². The minimum absolute atomic E-state index is 0.0444. The molecule has 0 unspecified atom stereocenters. The fourth-order valence-corrected chi connectivity index (χ4v) is 5.02. The average molecular weight is 369 g/mol. The molecule has 3 aliphatic heterocycles. The molecule has 0 aliphatic carbocycles. The number of thioether (sulfide) groups is 1. The average Bonchev–Trinajstić information content (AvgIpc) is 3.17. The predicted octanol–water partition coefficient (Wildman–Crippen LogP) is 2.94. The number of rotatable bonds is 3. The zero-order valence-corrected chi connectivity index (χ0v) is 15.7. The van der Waals surface area contributed by atoms with E-state index < -0.39 is 0 Å². The van der Waals surface area contributed by atoms with E-state index in [1.54, 1.807) is 16.7 Å². The number of piperidine rings is 1. The van der Waals surface area contributed by atoms with E-state index in [1.807, 2.05) is 0 Å². The Balaban J connectivity index is 1.49. The van der Waals surface area contributed by atoms with Crippen LogP contribution in [0.2, 0.25) is 0 Å². The Kier molecular flexibility index (Phi) is 5.07. The van der Waals surface area contributed by atoms with E-state index in [-0.39, 0.29) is 11.9 Å². The lowest BCUT2D eigenvalue weighted by Crippen LogP contribution is -2.43. The smallest absolute Gasteiger partial charge is 0.243 e. The number of carbonyl (C=O) groups excluding carboxylic acids is 1. The Labute approximate surface area is 159 Å². The van der Waals surface area contributed by atoms with Crippen molar-refractivity contribution in [1.82, 2.24) is 4.90 Å². The Bertz CT molecular complexity index is 751. The van der Waals surface area contributed by atoms with E-state index in [9.17, 15) is 10.1 Å². The second-order valence-electron chi connectivity index (χ2n) is 7.08. The maximum atomic E-state index is 12.7. The highest BCUT2D eigenvalue weighted by Gasteiger charge is 2.30. The highest BCUT2D eigenvalue weighted by Crippen LogP contribution is 2.31. The van der Waals surface area contributed by atoms with Crippen molar-refractivity contribution in [1.29, 1.82) is 5.26 Å². The van der Waals surface area contributed by atoms with E-state index in [2.05, 4.69) is 46.2 Å². The van der Waals surface area contributed by atoms with Crippen LogP contribution in [0.4, 0.5) is 11.4 Å². The van der Waals surface area contributed by atoms with Gasteiger partial charge in [-0.25, -0.2) is 0 Å². The number of benzene rings is 1. The van der Waals surface area contributed by atoms with E-state index in [0.717, 1.165) is 31.1 Å². The number of hydrogen-bond acceptors (Lipinski definition) is 5. The molecule has 0 N–H and O–H groups in total. The molecule has 3 aliphatic rings. The second kappa shape index (κ2) is 7.63. The Morgan fingerprint density at radius 2 is 2.12 bits per heavy atom. The summed E-state index contributed by atoms with van der Waals surface area (Å²) in [5.41, 5.74) is 3.57. The van der Waals surface area contributed by atoms with Crippen LogP contribution in [0.25, 0.3) is 6.08 Å². The zero-order chi connectivity index (χ0) is 17.9. The first-order chi connectivity index (χ1) is 12.8. The van der Waals surface area contributed by atoms with Crippen molar-refractivity contribution >= 4 is 35.1 Å².